The molecule has 1 aromatic rings. The Morgan fingerprint density at radius 3 is 2.81 bits per heavy atom. The maximum atomic E-state index is 10.6. The Balaban J connectivity index is 2.23. The van der Waals surface area contributed by atoms with E-state index in [4.69, 9.17) is 10.8 Å². The van der Waals surface area contributed by atoms with Crippen molar-refractivity contribution in [1.29, 1.82) is 0 Å². The van der Waals surface area contributed by atoms with Crippen LogP contribution in [-0.4, -0.2) is 34.1 Å². The predicted molar refractivity (Wildman–Crippen MR) is 59.2 cm³/mol. The van der Waals surface area contributed by atoms with Gasteiger partial charge in [0.1, 0.15) is 11.6 Å². The molecule has 2 rings (SSSR count). The van der Waals surface area contributed by atoms with Crippen LogP contribution < -0.4 is 10.6 Å². The van der Waals surface area contributed by atoms with Crippen molar-refractivity contribution in [3.05, 3.63) is 11.9 Å². The molecule has 1 aliphatic heterocycles. The number of rotatable bonds is 3. The van der Waals surface area contributed by atoms with Crippen LogP contribution in [0.1, 0.15) is 18.5 Å². The lowest BCUT2D eigenvalue weighted by Gasteiger charge is -2.16. The molecule has 0 atom stereocenters. The number of anilines is 2. The first kappa shape index (κ1) is 10.7. The van der Waals surface area contributed by atoms with Gasteiger partial charge in [-0.25, -0.2) is 9.97 Å². The second-order valence-electron chi connectivity index (χ2n) is 3.82. The summed E-state index contributed by atoms with van der Waals surface area (Å²) in [5.41, 5.74) is 5.93. The Morgan fingerprint density at radius 2 is 2.19 bits per heavy atom. The summed E-state index contributed by atoms with van der Waals surface area (Å²) >= 11 is 0. The number of hydrogen-bond donors (Lipinski definition) is 2. The molecule has 0 aliphatic carbocycles. The SMILES string of the molecule is Nc1ncc(N2CCCC2)nc1CC(=O)O. The largest absolute Gasteiger partial charge is 0.481 e. The third-order valence-corrected chi connectivity index (χ3v) is 2.61. The van der Waals surface area contributed by atoms with Crippen molar-refractivity contribution in [3.8, 4) is 0 Å². The number of carboxylic acids is 1. The van der Waals surface area contributed by atoms with Gasteiger partial charge in [-0.3, -0.25) is 4.79 Å². The smallest absolute Gasteiger partial charge is 0.309 e. The van der Waals surface area contributed by atoms with E-state index in [1.165, 1.54) is 0 Å². The number of hydrogen-bond acceptors (Lipinski definition) is 5. The molecule has 16 heavy (non-hydrogen) atoms. The minimum atomic E-state index is -0.945. The highest BCUT2D eigenvalue weighted by Crippen LogP contribution is 2.19. The summed E-state index contributed by atoms with van der Waals surface area (Å²) in [6.45, 7) is 1.90. The second kappa shape index (κ2) is 4.34. The lowest BCUT2D eigenvalue weighted by Crippen LogP contribution is -2.20. The molecule has 0 aromatic carbocycles. The Labute approximate surface area is 93.1 Å². The van der Waals surface area contributed by atoms with Crippen LogP contribution in [0.15, 0.2) is 6.20 Å². The molecule has 6 heteroatoms. The number of carboxylic acid groups (broad SMARTS) is 1. The molecule has 1 aliphatic rings. The zero-order chi connectivity index (χ0) is 11.5. The molecule has 86 valence electrons. The lowest BCUT2D eigenvalue weighted by molar-refractivity contribution is -0.136. The van der Waals surface area contributed by atoms with Gasteiger partial charge in [-0.1, -0.05) is 0 Å². The second-order valence-corrected chi connectivity index (χ2v) is 3.82. The summed E-state index contributed by atoms with van der Waals surface area (Å²) in [4.78, 5) is 21.0. The van der Waals surface area contributed by atoms with Crippen molar-refractivity contribution in [2.45, 2.75) is 19.3 Å². The van der Waals surface area contributed by atoms with Gasteiger partial charge < -0.3 is 15.7 Å². The molecule has 1 fully saturated rings. The molecule has 0 saturated carbocycles. The number of nitrogens with zero attached hydrogens (tertiary/aromatic N) is 3. The van der Waals surface area contributed by atoms with Gasteiger partial charge in [-0.05, 0) is 12.8 Å². The van der Waals surface area contributed by atoms with E-state index in [2.05, 4.69) is 14.9 Å². The fourth-order valence-corrected chi connectivity index (χ4v) is 1.80. The Hall–Kier alpha value is -1.85. The third-order valence-electron chi connectivity index (χ3n) is 2.61. The van der Waals surface area contributed by atoms with Crippen LogP contribution in [0, 0.1) is 0 Å². The van der Waals surface area contributed by atoms with Gasteiger partial charge in [0.2, 0.25) is 0 Å². The van der Waals surface area contributed by atoms with Crippen molar-refractivity contribution in [3.63, 3.8) is 0 Å². The van der Waals surface area contributed by atoms with Gasteiger partial charge in [0.05, 0.1) is 18.3 Å². The highest BCUT2D eigenvalue weighted by molar-refractivity contribution is 5.71. The van der Waals surface area contributed by atoms with Gasteiger partial charge in [-0.2, -0.15) is 0 Å². The molecule has 1 saturated heterocycles. The summed E-state index contributed by atoms with van der Waals surface area (Å²) in [6, 6.07) is 0. The first-order valence-electron chi connectivity index (χ1n) is 5.25. The highest BCUT2D eigenvalue weighted by atomic mass is 16.4. The van der Waals surface area contributed by atoms with Crippen LogP contribution in [-0.2, 0) is 11.2 Å². The monoisotopic (exact) mass is 222 g/mol. The molecule has 6 nitrogen and oxygen atoms in total. The number of aromatic nitrogens is 2. The van der Waals surface area contributed by atoms with Crippen LogP contribution in [0.3, 0.4) is 0 Å². The zero-order valence-corrected chi connectivity index (χ0v) is 8.89. The van der Waals surface area contributed by atoms with Crippen LogP contribution in [0.2, 0.25) is 0 Å². The van der Waals surface area contributed by atoms with E-state index >= 15 is 0 Å². The first-order valence-corrected chi connectivity index (χ1v) is 5.25. The van der Waals surface area contributed by atoms with Gasteiger partial charge in [0, 0.05) is 13.1 Å². The van der Waals surface area contributed by atoms with E-state index in [1.54, 1.807) is 6.20 Å². The third kappa shape index (κ3) is 2.21. The summed E-state index contributed by atoms with van der Waals surface area (Å²) in [6.07, 6.45) is 3.70. The van der Waals surface area contributed by atoms with Crippen molar-refractivity contribution < 1.29 is 9.90 Å². The maximum absolute atomic E-state index is 10.6. The summed E-state index contributed by atoms with van der Waals surface area (Å²) in [5, 5.41) is 8.71. The van der Waals surface area contributed by atoms with Crippen LogP contribution in [0.4, 0.5) is 11.6 Å². The normalized spacial score (nSPS) is 15.4. The Bertz CT molecular complexity index is 402. The molecule has 2 heterocycles. The average molecular weight is 222 g/mol. The number of carbonyl (C=O) groups is 1. The minimum Gasteiger partial charge on any atom is -0.481 e. The summed E-state index contributed by atoms with van der Waals surface area (Å²) in [5.74, 6) is -0.0205. The maximum Gasteiger partial charge on any atom is 0.309 e. The van der Waals surface area contributed by atoms with E-state index in [0.29, 0.717) is 5.69 Å². The topological polar surface area (TPSA) is 92.3 Å². The minimum absolute atomic E-state index is 0.180. The Morgan fingerprint density at radius 1 is 1.50 bits per heavy atom. The number of aliphatic carboxylic acids is 1. The average Bonchev–Trinajstić information content (AvgIpc) is 2.73. The molecule has 1 aromatic heterocycles. The molecule has 3 N–H and O–H groups in total. The van der Waals surface area contributed by atoms with Crippen molar-refractivity contribution in [2.75, 3.05) is 23.7 Å². The molecule has 0 radical (unpaired) electrons. The van der Waals surface area contributed by atoms with E-state index in [-0.39, 0.29) is 12.2 Å². The Kier molecular flexibility index (Phi) is 2.89. The van der Waals surface area contributed by atoms with Crippen LogP contribution in [0.5, 0.6) is 0 Å². The summed E-state index contributed by atoms with van der Waals surface area (Å²) < 4.78 is 0. The van der Waals surface area contributed by atoms with E-state index in [0.717, 1.165) is 31.7 Å². The van der Waals surface area contributed by atoms with Crippen LogP contribution >= 0.6 is 0 Å². The van der Waals surface area contributed by atoms with E-state index in [1.807, 2.05) is 0 Å². The molecule has 0 amide bonds. The van der Waals surface area contributed by atoms with Crippen LogP contribution in [0.25, 0.3) is 0 Å². The molecular formula is C10H14N4O2. The standard InChI is InChI=1S/C10H14N4O2/c11-10-7(5-9(15)16)13-8(6-12-10)14-3-1-2-4-14/h6H,1-5H2,(H2,11,12)(H,15,16). The van der Waals surface area contributed by atoms with Crippen molar-refractivity contribution in [1.82, 2.24) is 9.97 Å². The first-order chi connectivity index (χ1) is 7.66. The molecule has 0 spiro atoms. The number of nitrogens with two attached hydrogens (primary N) is 1. The molecular weight excluding hydrogens is 208 g/mol. The lowest BCUT2D eigenvalue weighted by atomic mass is 10.3. The highest BCUT2D eigenvalue weighted by Gasteiger charge is 2.16. The zero-order valence-electron chi connectivity index (χ0n) is 8.89. The summed E-state index contributed by atoms with van der Waals surface area (Å²) in [7, 11) is 0. The van der Waals surface area contributed by atoms with Gasteiger partial charge in [0.25, 0.3) is 0 Å². The number of nitrogen functional groups attached to an aromatic ring is 1. The van der Waals surface area contributed by atoms with Gasteiger partial charge >= 0.3 is 5.97 Å². The van der Waals surface area contributed by atoms with Crippen molar-refractivity contribution >= 4 is 17.6 Å². The quantitative estimate of drug-likeness (QED) is 0.763. The molecule has 0 bridgehead atoms. The van der Waals surface area contributed by atoms with Gasteiger partial charge in [-0.15, -0.1) is 0 Å². The van der Waals surface area contributed by atoms with Crippen molar-refractivity contribution in [2.24, 2.45) is 0 Å². The fourth-order valence-electron chi connectivity index (χ4n) is 1.80. The predicted octanol–water partition coefficient (Wildman–Crippen LogP) is 0.286. The van der Waals surface area contributed by atoms with E-state index < -0.39 is 5.97 Å². The van der Waals surface area contributed by atoms with Gasteiger partial charge in [0.15, 0.2) is 0 Å². The van der Waals surface area contributed by atoms with E-state index in [9.17, 15) is 4.79 Å². The molecule has 0 unspecified atom stereocenters. The fraction of sp³-hybridized carbons (Fsp3) is 0.500.